The maximum Gasteiger partial charge on any atom is 0.269 e. The molecule has 2 N–H and O–H groups in total. The van der Waals surface area contributed by atoms with Crippen LogP contribution in [0.3, 0.4) is 0 Å². The number of halogens is 1. The topological polar surface area (TPSA) is 107 Å². The van der Waals surface area contributed by atoms with E-state index in [1.54, 1.807) is 30.3 Å². The summed E-state index contributed by atoms with van der Waals surface area (Å²) in [5, 5.41) is 14.8. The molecule has 1 amide bonds. The Morgan fingerprint density at radius 3 is 2.48 bits per heavy atom. The van der Waals surface area contributed by atoms with Crippen molar-refractivity contribution in [1.29, 1.82) is 0 Å². The largest absolute Gasteiger partial charge is 0.341 e. The highest BCUT2D eigenvalue weighted by molar-refractivity contribution is 5.93. The molecule has 9 heteroatoms. The summed E-state index contributed by atoms with van der Waals surface area (Å²) in [7, 11) is 1.73. The Kier molecular flexibility index (Phi) is 6.66. The summed E-state index contributed by atoms with van der Waals surface area (Å²) in [5.74, 6) is -0.148. The van der Waals surface area contributed by atoms with Crippen molar-refractivity contribution in [3.63, 3.8) is 0 Å². The molecule has 1 aromatic heterocycles. The average Bonchev–Trinajstić information content (AvgIpc) is 3.03. The molecule has 0 aliphatic heterocycles. The van der Waals surface area contributed by atoms with Crippen LogP contribution in [0.25, 0.3) is 5.69 Å². The Labute approximate surface area is 152 Å². The minimum atomic E-state index is -0.462. The lowest BCUT2D eigenvalue weighted by molar-refractivity contribution is -0.384. The van der Waals surface area contributed by atoms with Crippen LogP contribution in [-0.4, -0.2) is 45.6 Å². The molecule has 1 aromatic carbocycles. The van der Waals surface area contributed by atoms with Gasteiger partial charge in [0.2, 0.25) is 0 Å². The van der Waals surface area contributed by atoms with Gasteiger partial charge >= 0.3 is 0 Å². The lowest BCUT2D eigenvalue weighted by Crippen LogP contribution is -2.39. The molecule has 0 radical (unpaired) electrons. The van der Waals surface area contributed by atoms with Crippen molar-refractivity contribution < 1.29 is 9.72 Å². The van der Waals surface area contributed by atoms with Gasteiger partial charge in [-0.25, -0.2) is 4.68 Å². The van der Waals surface area contributed by atoms with Crippen LogP contribution in [0, 0.1) is 15.5 Å². The van der Waals surface area contributed by atoms with Crippen LogP contribution in [0.5, 0.6) is 0 Å². The Hall–Kier alpha value is -2.45. The van der Waals surface area contributed by atoms with Gasteiger partial charge in [0.25, 0.3) is 11.6 Å². The number of rotatable bonds is 6. The van der Waals surface area contributed by atoms with Crippen molar-refractivity contribution in [2.45, 2.75) is 13.8 Å². The number of aromatic nitrogens is 2. The van der Waals surface area contributed by atoms with Gasteiger partial charge in [0.1, 0.15) is 0 Å². The van der Waals surface area contributed by atoms with Gasteiger partial charge in [0.15, 0.2) is 0 Å². The zero-order valence-electron chi connectivity index (χ0n) is 14.4. The van der Waals surface area contributed by atoms with Crippen LogP contribution in [0.15, 0.2) is 36.7 Å². The molecule has 0 spiro atoms. The number of nitro benzene ring substituents is 1. The summed E-state index contributed by atoms with van der Waals surface area (Å²) in [5.41, 5.74) is 6.63. The van der Waals surface area contributed by atoms with Gasteiger partial charge < -0.3 is 10.6 Å². The third kappa shape index (κ3) is 5.01. The lowest BCUT2D eigenvalue weighted by atomic mass is 9.93. The monoisotopic (exact) mass is 367 g/mol. The van der Waals surface area contributed by atoms with Crippen LogP contribution in [-0.2, 0) is 0 Å². The molecule has 136 valence electrons. The molecule has 25 heavy (non-hydrogen) atoms. The predicted octanol–water partition coefficient (Wildman–Crippen LogP) is 2.26. The van der Waals surface area contributed by atoms with Crippen LogP contribution in [0.1, 0.15) is 24.2 Å². The van der Waals surface area contributed by atoms with E-state index in [1.165, 1.54) is 23.0 Å². The third-order valence-electron chi connectivity index (χ3n) is 3.72. The summed E-state index contributed by atoms with van der Waals surface area (Å²) in [6.07, 6.45) is 3.09. The van der Waals surface area contributed by atoms with Gasteiger partial charge in [-0.1, -0.05) is 13.8 Å². The second-order valence-electron chi connectivity index (χ2n) is 6.48. The maximum atomic E-state index is 12.5. The van der Waals surface area contributed by atoms with E-state index < -0.39 is 4.92 Å². The molecular weight excluding hydrogens is 346 g/mol. The minimum Gasteiger partial charge on any atom is -0.341 e. The molecule has 1 heterocycles. The summed E-state index contributed by atoms with van der Waals surface area (Å²) < 4.78 is 1.51. The molecule has 0 saturated heterocycles. The van der Waals surface area contributed by atoms with Crippen LogP contribution < -0.4 is 5.73 Å². The first-order valence-corrected chi connectivity index (χ1v) is 7.48. The number of nitrogens with two attached hydrogens (primary N) is 1. The van der Waals surface area contributed by atoms with Gasteiger partial charge in [-0.05, 0) is 24.1 Å². The van der Waals surface area contributed by atoms with Gasteiger partial charge in [0, 0.05) is 31.9 Å². The van der Waals surface area contributed by atoms with E-state index in [-0.39, 0.29) is 29.4 Å². The van der Waals surface area contributed by atoms with E-state index in [0.29, 0.717) is 24.3 Å². The van der Waals surface area contributed by atoms with Gasteiger partial charge in [-0.15, -0.1) is 12.4 Å². The molecule has 0 aliphatic rings. The summed E-state index contributed by atoms with van der Waals surface area (Å²) in [4.78, 5) is 24.3. The van der Waals surface area contributed by atoms with Crippen molar-refractivity contribution in [1.82, 2.24) is 14.7 Å². The third-order valence-corrected chi connectivity index (χ3v) is 3.72. The summed E-state index contributed by atoms with van der Waals surface area (Å²) >= 11 is 0. The highest BCUT2D eigenvalue weighted by atomic mass is 35.5. The fraction of sp³-hybridized carbons (Fsp3) is 0.375. The molecule has 2 aromatic rings. The molecule has 0 atom stereocenters. The van der Waals surface area contributed by atoms with Crippen LogP contribution in [0.2, 0.25) is 0 Å². The average molecular weight is 368 g/mol. The zero-order chi connectivity index (χ0) is 17.9. The molecule has 0 aliphatic carbocycles. The first-order valence-electron chi connectivity index (χ1n) is 7.48. The number of carbonyl (C=O) groups is 1. The number of benzene rings is 1. The van der Waals surface area contributed by atoms with Crippen molar-refractivity contribution >= 4 is 24.0 Å². The Morgan fingerprint density at radius 1 is 1.36 bits per heavy atom. The number of carbonyl (C=O) groups excluding carboxylic acids is 1. The Morgan fingerprint density at radius 2 is 1.96 bits per heavy atom. The van der Waals surface area contributed by atoms with Crippen LogP contribution in [0.4, 0.5) is 5.69 Å². The fourth-order valence-corrected chi connectivity index (χ4v) is 2.30. The van der Waals surface area contributed by atoms with E-state index in [1.807, 2.05) is 13.8 Å². The van der Waals surface area contributed by atoms with E-state index in [2.05, 4.69) is 5.10 Å². The molecular formula is C16H22ClN5O3. The fourth-order valence-electron chi connectivity index (χ4n) is 2.30. The molecule has 2 rings (SSSR count). The number of nitrogens with zero attached hydrogens (tertiary/aromatic N) is 4. The number of nitro groups is 1. The summed E-state index contributed by atoms with van der Waals surface area (Å²) in [6, 6.07) is 5.96. The van der Waals surface area contributed by atoms with Crippen molar-refractivity contribution in [3.05, 3.63) is 52.3 Å². The second kappa shape index (κ2) is 8.09. The van der Waals surface area contributed by atoms with Gasteiger partial charge in [-0.3, -0.25) is 14.9 Å². The van der Waals surface area contributed by atoms with E-state index in [0.717, 1.165) is 0 Å². The molecule has 0 bridgehead atoms. The molecule has 0 unspecified atom stereocenters. The predicted molar refractivity (Wildman–Crippen MR) is 97.3 cm³/mol. The summed E-state index contributed by atoms with van der Waals surface area (Å²) in [6.45, 7) is 5.01. The smallest absolute Gasteiger partial charge is 0.269 e. The quantitative estimate of drug-likeness (QED) is 0.622. The molecule has 0 saturated carbocycles. The number of hydrogen-bond acceptors (Lipinski definition) is 5. The van der Waals surface area contributed by atoms with Crippen molar-refractivity contribution in [2.75, 3.05) is 20.1 Å². The maximum absolute atomic E-state index is 12.5. The van der Waals surface area contributed by atoms with Gasteiger partial charge in [-0.2, -0.15) is 5.10 Å². The highest BCUT2D eigenvalue weighted by Gasteiger charge is 2.22. The van der Waals surface area contributed by atoms with Crippen molar-refractivity contribution in [2.24, 2.45) is 11.1 Å². The zero-order valence-corrected chi connectivity index (χ0v) is 15.2. The first kappa shape index (κ1) is 20.6. The van der Waals surface area contributed by atoms with Gasteiger partial charge in [0.05, 0.1) is 22.4 Å². The first-order chi connectivity index (χ1) is 11.2. The SMILES string of the molecule is CN(CC(C)(C)CN)C(=O)c1cnn(-c2ccc([N+](=O)[O-])cc2)c1.Cl. The van der Waals surface area contributed by atoms with E-state index >= 15 is 0 Å². The molecule has 8 nitrogen and oxygen atoms in total. The standard InChI is InChI=1S/C16H21N5O3.ClH/c1-16(2,10-17)11-19(3)15(22)12-8-18-20(9-12)13-4-6-14(7-5-13)21(23)24;/h4-9H,10-11,17H2,1-3H3;1H. The molecule has 0 fully saturated rings. The van der Waals surface area contributed by atoms with Crippen LogP contribution >= 0.6 is 12.4 Å². The van der Waals surface area contributed by atoms with E-state index in [4.69, 9.17) is 5.73 Å². The normalized spacial score (nSPS) is 10.9. The number of hydrogen-bond donors (Lipinski definition) is 1. The Balaban J connectivity index is 0.00000312. The minimum absolute atomic E-state index is 0. The van der Waals surface area contributed by atoms with E-state index in [9.17, 15) is 14.9 Å². The second-order valence-corrected chi connectivity index (χ2v) is 6.48. The highest BCUT2D eigenvalue weighted by Crippen LogP contribution is 2.17. The number of non-ortho nitro benzene ring substituents is 1. The van der Waals surface area contributed by atoms with Crippen molar-refractivity contribution in [3.8, 4) is 5.69 Å². The number of amides is 1. The Bertz CT molecular complexity index is 742. The lowest BCUT2D eigenvalue weighted by Gasteiger charge is -2.28.